The Morgan fingerprint density at radius 2 is 1.67 bits per heavy atom. The molecule has 0 unspecified atom stereocenters. The number of ether oxygens (including phenoxy) is 1. The number of rotatable bonds is 4. The summed E-state index contributed by atoms with van der Waals surface area (Å²) >= 11 is 0. The first-order valence-corrected chi connectivity index (χ1v) is 11.2. The molecule has 0 aliphatic carbocycles. The second-order valence-corrected chi connectivity index (χ2v) is 9.39. The van der Waals surface area contributed by atoms with Crippen molar-refractivity contribution in [2.45, 2.75) is 32.1 Å². The normalized spacial score (nSPS) is 13.2. The van der Waals surface area contributed by atoms with Crippen LogP contribution in [-0.2, 0) is 16.4 Å². The molecule has 0 spiro atoms. The van der Waals surface area contributed by atoms with Crippen molar-refractivity contribution in [2.24, 2.45) is 0 Å². The molecule has 0 saturated carbocycles. The van der Waals surface area contributed by atoms with Gasteiger partial charge in [0.05, 0.1) is 16.1 Å². The Labute approximate surface area is 177 Å². The fraction of sp³-hybridized carbons (Fsp3) is 0.208. The van der Waals surface area contributed by atoms with Crippen LogP contribution in [0, 0.1) is 20.8 Å². The number of aryl methyl sites for hydroxylation is 2. The van der Waals surface area contributed by atoms with E-state index in [0.717, 1.165) is 22.3 Å². The van der Waals surface area contributed by atoms with Crippen LogP contribution in [-0.4, -0.2) is 20.9 Å². The highest BCUT2D eigenvalue weighted by Crippen LogP contribution is 2.33. The first kappa shape index (κ1) is 20.2. The maximum Gasteiger partial charge on any atom is 0.343 e. The summed E-state index contributed by atoms with van der Waals surface area (Å²) in [4.78, 5) is 12.9. The van der Waals surface area contributed by atoms with Crippen LogP contribution in [0.15, 0.2) is 65.6 Å². The fourth-order valence-electron chi connectivity index (χ4n) is 3.70. The van der Waals surface area contributed by atoms with Gasteiger partial charge in [0.2, 0.25) is 0 Å². The van der Waals surface area contributed by atoms with Crippen LogP contribution in [0.25, 0.3) is 0 Å². The van der Waals surface area contributed by atoms with Gasteiger partial charge in [-0.2, -0.15) is 0 Å². The average molecular weight is 422 g/mol. The van der Waals surface area contributed by atoms with Gasteiger partial charge in [-0.25, -0.2) is 13.2 Å². The first-order chi connectivity index (χ1) is 14.3. The zero-order valence-corrected chi connectivity index (χ0v) is 18.0. The molecule has 3 aromatic rings. The molecule has 1 heterocycles. The van der Waals surface area contributed by atoms with Crippen LogP contribution in [0.2, 0.25) is 0 Å². The standard InChI is InChI=1S/C24H23NO4S/c1-16-11-12-17(2)23(18(16)3)29-24(26)20-8-6-9-21(15-20)30(27,28)25-14-13-19-7-4-5-10-22(19)25/h4-12,15H,13-14H2,1-3H3. The summed E-state index contributed by atoms with van der Waals surface area (Å²) < 4.78 is 33.6. The van der Waals surface area contributed by atoms with E-state index >= 15 is 0 Å². The van der Waals surface area contributed by atoms with Gasteiger partial charge in [-0.1, -0.05) is 36.4 Å². The largest absolute Gasteiger partial charge is 0.422 e. The number of para-hydroxylation sites is 1. The zero-order chi connectivity index (χ0) is 21.5. The lowest BCUT2D eigenvalue weighted by atomic mass is 10.1. The second-order valence-electron chi connectivity index (χ2n) is 7.53. The topological polar surface area (TPSA) is 63.7 Å². The maximum absolute atomic E-state index is 13.3. The molecular weight excluding hydrogens is 398 g/mol. The molecule has 3 aromatic carbocycles. The number of nitrogens with zero attached hydrogens (tertiary/aromatic N) is 1. The summed E-state index contributed by atoms with van der Waals surface area (Å²) in [6.45, 7) is 6.11. The van der Waals surface area contributed by atoms with Crippen molar-refractivity contribution in [1.82, 2.24) is 0 Å². The molecule has 0 N–H and O–H groups in total. The van der Waals surface area contributed by atoms with Crippen LogP contribution in [0.3, 0.4) is 0 Å². The van der Waals surface area contributed by atoms with Gasteiger partial charge in [0.15, 0.2) is 0 Å². The van der Waals surface area contributed by atoms with E-state index in [1.54, 1.807) is 18.2 Å². The maximum atomic E-state index is 13.3. The smallest absolute Gasteiger partial charge is 0.343 e. The van der Waals surface area contributed by atoms with Crippen LogP contribution in [0.4, 0.5) is 5.69 Å². The van der Waals surface area contributed by atoms with Crippen molar-refractivity contribution in [3.63, 3.8) is 0 Å². The molecule has 6 heteroatoms. The Balaban J connectivity index is 1.65. The van der Waals surface area contributed by atoms with E-state index in [-0.39, 0.29) is 10.5 Å². The summed E-state index contributed by atoms with van der Waals surface area (Å²) in [5, 5.41) is 0. The SMILES string of the molecule is Cc1ccc(C)c(OC(=O)c2cccc(S(=O)(=O)N3CCc4ccccc43)c2)c1C. The third kappa shape index (κ3) is 3.48. The molecule has 0 saturated heterocycles. The van der Waals surface area contributed by atoms with E-state index in [2.05, 4.69) is 0 Å². The Bertz CT molecular complexity index is 1250. The van der Waals surface area contributed by atoms with Crippen molar-refractivity contribution in [2.75, 3.05) is 10.8 Å². The lowest BCUT2D eigenvalue weighted by molar-refractivity contribution is 0.0732. The van der Waals surface area contributed by atoms with Crippen LogP contribution in [0.5, 0.6) is 5.75 Å². The predicted molar refractivity (Wildman–Crippen MR) is 117 cm³/mol. The molecule has 0 aromatic heterocycles. The van der Waals surface area contributed by atoms with Crippen molar-refractivity contribution < 1.29 is 17.9 Å². The summed E-state index contributed by atoms with van der Waals surface area (Å²) in [6.07, 6.45) is 0.670. The number of sulfonamides is 1. The molecule has 0 fully saturated rings. The number of hydrogen-bond acceptors (Lipinski definition) is 4. The summed E-state index contributed by atoms with van der Waals surface area (Å²) in [5.41, 5.74) is 4.65. The van der Waals surface area contributed by atoms with E-state index in [1.165, 1.54) is 16.4 Å². The number of carbonyl (C=O) groups excluding carboxylic acids is 1. The van der Waals surface area contributed by atoms with Gasteiger partial charge in [-0.3, -0.25) is 4.31 Å². The van der Waals surface area contributed by atoms with Gasteiger partial charge in [0, 0.05) is 6.54 Å². The molecule has 1 aliphatic heterocycles. The summed E-state index contributed by atoms with van der Waals surface area (Å²) in [5.74, 6) is -0.0626. The van der Waals surface area contributed by atoms with Gasteiger partial charge < -0.3 is 4.74 Å². The summed E-state index contributed by atoms with van der Waals surface area (Å²) in [7, 11) is -3.78. The van der Waals surface area contributed by atoms with E-state index in [4.69, 9.17) is 4.74 Å². The van der Waals surface area contributed by atoms with Crippen molar-refractivity contribution >= 4 is 21.7 Å². The molecule has 5 nitrogen and oxygen atoms in total. The van der Waals surface area contributed by atoms with Gasteiger partial charge in [0.25, 0.3) is 10.0 Å². The lowest BCUT2D eigenvalue weighted by Gasteiger charge is -2.20. The Morgan fingerprint density at radius 1 is 0.933 bits per heavy atom. The van der Waals surface area contributed by atoms with Crippen molar-refractivity contribution in [3.05, 3.63) is 88.5 Å². The highest BCUT2D eigenvalue weighted by atomic mass is 32.2. The van der Waals surface area contributed by atoms with Crippen molar-refractivity contribution in [3.8, 4) is 5.75 Å². The van der Waals surface area contributed by atoms with E-state index in [9.17, 15) is 13.2 Å². The number of anilines is 1. The van der Waals surface area contributed by atoms with Gasteiger partial charge in [-0.15, -0.1) is 0 Å². The molecule has 0 bridgehead atoms. The van der Waals surface area contributed by atoms with Gasteiger partial charge in [-0.05, 0) is 73.7 Å². The van der Waals surface area contributed by atoms with Gasteiger partial charge >= 0.3 is 5.97 Å². The Morgan fingerprint density at radius 3 is 2.47 bits per heavy atom. The van der Waals surface area contributed by atoms with E-state index in [0.29, 0.717) is 24.4 Å². The number of carbonyl (C=O) groups is 1. The zero-order valence-electron chi connectivity index (χ0n) is 17.2. The molecular formula is C24H23NO4S. The van der Waals surface area contributed by atoms with E-state index < -0.39 is 16.0 Å². The lowest BCUT2D eigenvalue weighted by Crippen LogP contribution is -2.29. The molecule has 30 heavy (non-hydrogen) atoms. The monoisotopic (exact) mass is 421 g/mol. The van der Waals surface area contributed by atoms with Crippen molar-refractivity contribution in [1.29, 1.82) is 0 Å². The second kappa shape index (κ2) is 7.61. The molecule has 0 amide bonds. The van der Waals surface area contributed by atoms with Gasteiger partial charge in [0.1, 0.15) is 5.75 Å². The molecule has 0 atom stereocenters. The molecule has 0 radical (unpaired) electrons. The minimum atomic E-state index is -3.78. The number of fused-ring (bicyclic) bond motifs is 1. The van der Waals surface area contributed by atoms with Crippen LogP contribution < -0.4 is 9.04 Å². The predicted octanol–water partition coefficient (Wildman–Crippen LogP) is 4.58. The van der Waals surface area contributed by atoms with E-state index in [1.807, 2.05) is 51.1 Å². The molecule has 154 valence electrons. The molecule has 4 rings (SSSR count). The van der Waals surface area contributed by atoms with Crippen LogP contribution in [0.1, 0.15) is 32.6 Å². The minimum Gasteiger partial charge on any atom is -0.422 e. The third-order valence-electron chi connectivity index (χ3n) is 5.57. The number of benzene rings is 3. The summed E-state index contributed by atoms with van der Waals surface area (Å²) in [6, 6.07) is 17.4. The minimum absolute atomic E-state index is 0.0753. The quantitative estimate of drug-likeness (QED) is 0.457. The average Bonchev–Trinajstić information content (AvgIpc) is 3.19. The highest BCUT2D eigenvalue weighted by molar-refractivity contribution is 7.92. The molecule has 1 aliphatic rings. The highest BCUT2D eigenvalue weighted by Gasteiger charge is 2.31. The van der Waals surface area contributed by atoms with Crippen LogP contribution >= 0.6 is 0 Å². The Hall–Kier alpha value is -3.12. The Kier molecular flexibility index (Phi) is 5.12. The number of esters is 1. The number of hydrogen-bond donors (Lipinski definition) is 0. The third-order valence-corrected chi connectivity index (χ3v) is 7.38. The first-order valence-electron chi connectivity index (χ1n) is 9.79. The fourth-order valence-corrected chi connectivity index (χ4v) is 5.25.